The summed E-state index contributed by atoms with van der Waals surface area (Å²) in [6.45, 7) is 6.82. The Labute approximate surface area is 86.1 Å². The van der Waals surface area contributed by atoms with Crippen molar-refractivity contribution in [3.63, 3.8) is 0 Å². The van der Waals surface area contributed by atoms with Gasteiger partial charge in [0.15, 0.2) is 5.11 Å². The number of nitrogens with zero attached hydrogens (tertiary/aromatic N) is 1. The number of rotatable bonds is 6. The highest BCUT2D eigenvalue weighted by atomic mass is 32.1. The normalized spacial score (nSPS) is 9.77. The predicted molar refractivity (Wildman–Crippen MR) is 59.8 cm³/mol. The molecule has 0 saturated heterocycles. The molecule has 0 aromatic carbocycles. The summed E-state index contributed by atoms with van der Waals surface area (Å²) in [6, 6.07) is 0. The van der Waals surface area contributed by atoms with E-state index in [0.29, 0.717) is 6.54 Å². The van der Waals surface area contributed by atoms with Crippen LogP contribution < -0.4 is 5.32 Å². The maximum absolute atomic E-state index is 8.81. The van der Waals surface area contributed by atoms with Crippen LogP contribution in [0.2, 0.25) is 0 Å². The SMILES string of the molecule is CCCNC(=S)N(CCC)CCO. The molecule has 0 rings (SSSR count). The zero-order valence-electron chi connectivity index (χ0n) is 8.55. The molecule has 0 radical (unpaired) electrons. The molecule has 4 heteroatoms. The molecule has 0 aliphatic carbocycles. The van der Waals surface area contributed by atoms with Crippen LogP contribution >= 0.6 is 12.2 Å². The first-order chi connectivity index (χ1) is 6.26. The average molecular weight is 204 g/mol. The highest BCUT2D eigenvalue weighted by molar-refractivity contribution is 7.80. The zero-order chi connectivity index (χ0) is 10.1. The predicted octanol–water partition coefficient (Wildman–Crippen LogP) is 0.975. The topological polar surface area (TPSA) is 35.5 Å². The van der Waals surface area contributed by atoms with E-state index < -0.39 is 0 Å². The Bertz CT molecular complexity index is 136. The van der Waals surface area contributed by atoms with Gasteiger partial charge in [0.1, 0.15) is 0 Å². The zero-order valence-corrected chi connectivity index (χ0v) is 9.36. The summed E-state index contributed by atoms with van der Waals surface area (Å²) in [5.41, 5.74) is 0. The van der Waals surface area contributed by atoms with Gasteiger partial charge in [0.05, 0.1) is 6.61 Å². The molecular formula is C9H20N2OS. The van der Waals surface area contributed by atoms with E-state index >= 15 is 0 Å². The van der Waals surface area contributed by atoms with Gasteiger partial charge in [-0.3, -0.25) is 0 Å². The molecule has 0 aliphatic heterocycles. The van der Waals surface area contributed by atoms with Crippen molar-refractivity contribution >= 4 is 17.3 Å². The Morgan fingerprint density at radius 1 is 1.31 bits per heavy atom. The van der Waals surface area contributed by atoms with Crippen LogP contribution in [-0.4, -0.2) is 41.4 Å². The van der Waals surface area contributed by atoms with E-state index in [1.807, 2.05) is 4.90 Å². The van der Waals surface area contributed by atoms with Crippen molar-refractivity contribution in [3.8, 4) is 0 Å². The molecule has 0 unspecified atom stereocenters. The van der Waals surface area contributed by atoms with Crippen molar-refractivity contribution in [1.82, 2.24) is 10.2 Å². The smallest absolute Gasteiger partial charge is 0.169 e. The van der Waals surface area contributed by atoms with Crippen LogP contribution in [-0.2, 0) is 0 Å². The summed E-state index contributed by atoms with van der Waals surface area (Å²) in [5.74, 6) is 0. The quantitative estimate of drug-likeness (QED) is 0.632. The number of aliphatic hydroxyl groups is 1. The Balaban J connectivity index is 3.80. The van der Waals surface area contributed by atoms with Gasteiger partial charge >= 0.3 is 0 Å². The van der Waals surface area contributed by atoms with Gasteiger partial charge in [0.2, 0.25) is 0 Å². The monoisotopic (exact) mass is 204 g/mol. The standard InChI is InChI=1S/C9H20N2OS/c1-3-5-10-9(13)11(6-4-2)7-8-12/h12H,3-8H2,1-2H3,(H,10,13). The third-order valence-corrected chi connectivity index (χ3v) is 2.08. The lowest BCUT2D eigenvalue weighted by atomic mass is 10.4. The third kappa shape index (κ3) is 5.82. The molecule has 0 atom stereocenters. The Morgan fingerprint density at radius 3 is 2.46 bits per heavy atom. The van der Waals surface area contributed by atoms with E-state index in [1.54, 1.807) is 0 Å². The van der Waals surface area contributed by atoms with E-state index in [9.17, 15) is 0 Å². The molecule has 0 aliphatic rings. The van der Waals surface area contributed by atoms with Crippen LogP contribution in [0.5, 0.6) is 0 Å². The molecule has 0 aromatic rings. The number of thiocarbonyl (C=S) groups is 1. The van der Waals surface area contributed by atoms with Gasteiger partial charge in [-0.2, -0.15) is 0 Å². The molecule has 0 spiro atoms. The highest BCUT2D eigenvalue weighted by Gasteiger charge is 2.05. The van der Waals surface area contributed by atoms with Crippen LogP contribution in [0.25, 0.3) is 0 Å². The molecule has 78 valence electrons. The van der Waals surface area contributed by atoms with Crippen molar-refractivity contribution in [2.45, 2.75) is 26.7 Å². The van der Waals surface area contributed by atoms with Crippen molar-refractivity contribution in [2.75, 3.05) is 26.2 Å². The molecule has 0 aromatic heterocycles. The number of nitrogens with one attached hydrogen (secondary N) is 1. The summed E-state index contributed by atoms with van der Waals surface area (Å²) in [7, 11) is 0. The Hall–Kier alpha value is -0.350. The first-order valence-corrected chi connectivity index (χ1v) is 5.30. The first kappa shape index (κ1) is 12.7. The van der Waals surface area contributed by atoms with Gasteiger partial charge in [-0.25, -0.2) is 0 Å². The van der Waals surface area contributed by atoms with Crippen molar-refractivity contribution in [2.24, 2.45) is 0 Å². The van der Waals surface area contributed by atoms with E-state index in [2.05, 4.69) is 19.2 Å². The molecular weight excluding hydrogens is 184 g/mol. The maximum Gasteiger partial charge on any atom is 0.169 e. The van der Waals surface area contributed by atoms with Gasteiger partial charge < -0.3 is 15.3 Å². The fraction of sp³-hybridized carbons (Fsp3) is 0.889. The molecule has 13 heavy (non-hydrogen) atoms. The second-order valence-electron chi connectivity index (χ2n) is 2.94. The van der Waals surface area contributed by atoms with Gasteiger partial charge in [-0.05, 0) is 25.1 Å². The minimum Gasteiger partial charge on any atom is -0.395 e. The van der Waals surface area contributed by atoms with E-state index in [0.717, 1.165) is 31.0 Å². The van der Waals surface area contributed by atoms with Crippen LogP contribution in [0.1, 0.15) is 26.7 Å². The van der Waals surface area contributed by atoms with Crippen LogP contribution in [0.15, 0.2) is 0 Å². The fourth-order valence-electron chi connectivity index (χ4n) is 1.05. The number of aliphatic hydroxyl groups excluding tert-OH is 1. The largest absolute Gasteiger partial charge is 0.395 e. The second kappa shape index (κ2) is 8.26. The highest BCUT2D eigenvalue weighted by Crippen LogP contribution is 1.92. The maximum atomic E-state index is 8.81. The minimum atomic E-state index is 0.161. The first-order valence-electron chi connectivity index (χ1n) is 4.89. The minimum absolute atomic E-state index is 0.161. The molecule has 0 fully saturated rings. The lowest BCUT2D eigenvalue weighted by Crippen LogP contribution is -2.41. The fourth-order valence-corrected chi connectivity index (χ4v) is 1.33. The van der Waals surface area contributed by atoms with Crippen LogP contribution in [0.4, 0.5) is 0 Å². The molecule has 0 heterocycles. The van der Waals surface area contributed by atoms with Crippen molar-refractivity contribution in [1.29, 1.82) is 0 Å². The Kier molecular flexibility index (Phi) is 8.04. The molecule has 0 bridgehead atoms. The molecule has 0 amide bonds. The summed E-state index contributed by atoms with van der Waals surface area (Å²) in [6.07, 6.45) is 2.12. The summed E-state index contributed by atoms with van der Waals surface area (Å²) in [5, 5.41) is 12.7. The molecule has 3 nitrogen and oxygen atoms in total. The lowest BCUT2D eigenvalue weighted by molar-refractivity contribution is 0.248. The van der Waals surface area contributed by atoms with Crippen LogP contribution in [0, 0.1) is 0 Å². The van der Waals surface area contributed by atoms with E-state index in [1.165, 1.54) is 0 Å². The Morgan fingerprint density at radius 2 is 2.00 bits per heavy atom. The lowest BCUT2D eigenvalue weighted by Gasteiger charge is -2.24. The van der Waals surface area contributed by atoms with Crippen molar-refractivity contribution < 1.29 is 5.11 Å². The van der Waals surface area contributed by atoms with Gasteiger partial charge in [0, 0.05) is 19.6 Å². The summed E-state index contributed by atoms with van der Waals surface area (Å²) >= 11 is 5.18. The third-order valence-electron chi connectivity index (χ3n) is 1.68. The summed E-state index contributed by atoms with van der Waals surface area (Å²) in [4.78, 5) is 2.00. The molecule has 2 N–H and O–H groups in total. The van der Waals surface area contributed by atoms with Crippen molar-refractivity contribution in [3.05, 3.63) is 0 Å². The average Bonchev–Trinajstić information content (AvgIpc) is 2.14. The molecule has 0 saturated carbocycles. The van der Waals surface area contributed by atoms with Gasteiger partial charge in [-0.15, -0.1) is 0 Å². The number of hydrogen-bond donors (Lipinski definition) is 2. The van der Waals surface area contributed by atoms with E-state index in [4.69, 9.17) is 17.3 Å². The summed E-state index contributed by atoms with van der Waals surface area (Å²) < 4.78 is 0. The second-order valence-corrected chi connectivity index (χ2v) is 3.33. The van der Waals surface area contributed by atoms with E-state index in [-0.39, 0.29) is 6.61 Å². The number of hydrogen-bond acceptors (Lipinski definition) is 2. The van der Waals surface area contributed by atoms with Crippen LogP contribution in [0.3, 0.4) is 0 Å². The van der Waals surface area contributed by atoms with Gasteiger partial charge in [0.25, 0.3) is 0 Å². The van der Waals surface area contributed by atoms with Gasteiger partial charge in [-0.1, -0.05) is 13.8 Å².